The van der Waals surface area contributed by atoms with Crippen LogP contribution in [0.2, 0.25) is 0 Å². The minimum atomic E-state index is -4.24. The van der Waals surface area contributed by atoms with E-state index in [0.717, 1.165) is 6.42 Å². The molecule has 1 aliphatic heterocycles. The molecule has 0 spiro atoms. The van der Waals surface area contributed by atoms with Crippen LogP contribution in [0.25, 0.3) is 0 Å². The van der Waals surface area contributed by atoms with Gasteiger partial charge in [-0.25, -0.2) is 0 Å². The van der Waals surface area contributed by atoms with Crippen LogP contribution < -0.4 is 10.6 Å². The molecule has 1 saturated carbocycles. The third kappa shape index (κ3) is 3.44. The number of hydrogen-bond acceptors (Lipinski definition) is 3. The lowest BCUT2D eigenvalue weighted by atomic mass is 9.83. The molecule has 4 atom stereocenters. The van der Waals surface area contributed by atoms with Crippen molar-refractivity contribution in [1.82, 2.24) is 10.6 Å². The lowest BCUT2D eigenvalue weighted by molar-refractivity contribution is -0.189. The Morgan fingerprint density at radius 2 is 1.85 bits per heavy atom. The molecule has 0 aromatic rings. The van der Waals surface area contributed by atoms with Crippen LogP contribution in [-0.4, -0.2) is 44.4 Å². The second-order valence-electron chi connectivity index (χ2n) is 5.59. The molecule has 2 rings (SSSR count). The van der Waals surface area contributed by atoms with E-state index in [1.54, 1.807) is 7.05 Å². The van der Waals surface area contributed by atoms with Crippen LogP contribution in [0.5, 0.6) is 0 Å². The second kappa shape index (κ2) is 6.30. The van der Waals surface area contributed by atoms with Crippen molar-refractivity contribution < 1.29 is 22.7 Å². The molecule has 0 aromatic heterocycles. The summed E-state index contributed by atoms with van der Waals surface area (Å²) in [7, 11) is 1.72. The highest BCUT2D eigenvalue weighted by Crippen LogP contribution is 2.37. The Labute approximate surface area is 116 Å². The number of ether oxygens (including phenoxy) is 1. The molecule has 2 N–H and O–H groups in total. The van der Waals surface area contributed by atoms with Gasteiger partial charge in [0.2, 0.25) is 5.91 Å². The van der Waals surface area contributed by atoms with Gasteiger partial charge in [0.1, 0.15) is 0 Å². The van der Waals surface area contributed by atoms with Crippen molar-refractivity contribution in [2.45, 2.75) is 43.9 Å². The Hall–Kier alpha value is -0.820. The molecule has 1 heterocycles. The number of carbonyl (C=O) groups is 1. The van der Waals surface area contributed by atoms with Crippen LogP contribution >= 0.6 is 0 Å². The average Bonchev–Trinajstić information content (AvgIpc) is 2.86. The molecular weight excluding hydrogens is 273 g/mol. The molecule has 7 heteroatoms. The van der Waals surface area contributed by atoms with Gasteiger partial charge in [-0.1, -0.05) is 12.8 Å². The zero-order valence-electron chi connectivity index (χ0n) is 11.5. The molecule has 116 valence electrons. The number of carbonyl (C=O) groups excluding carboxylic acids is 1. The van der Waals surface area contributed by atoms with Gasteiger partial charge < -0.3 is 15.4 Å². The molecule has 0 aromatic carbocycles. The van der Waals surface area contributed by atoms with Crippen LogP contribution in [0.3, 0.4) is 0 Å². The first kappa shape index (κ1) is 15.6. The van der Waals surface area contributed by atoms with Gasteiger partial charge in [-0.05, 0) is 19.9 Å². The summed E-state index contributed by atoms with van der Waals surface area (Å²) >= 11 is 0. The number of rotatable bonds is 3. The van der Waals surface area contributed by atoms with E-state index in [4.69, 9.17) is 4.74 Å². The van der Waals surface area contributed by atoms with Gasteiger partial charge in [0.15, 0.2) is 0 Å². The van der Waals surface area contributed by atoms with E-state index in [1.165, 1.54) is 0 Å². The average molecular weight is 294 g/mol. The Kier molecular flexibility index (Phi) is 4.90. The van der Waals surface area contributed by atoms with E-state index < -0.39 is 24.1 Å². The fourth-order valence-electron chi connectivity index (χ4n) is 3.08. The fraction of sp³-hybridized carbons (Fsp3) is 0.923. The van der Waals surface area contributed by atoms with Crippen LogP contribution in [0, 0.1) is 11.8 Å². The minimum absolute atomic E-state index is 0.102. The highest BCUT2D eigenvalue weighted by atomic mass is 19.4. The highest BCUT2D eigenvalue weighted by molar-refractivity contribution is 5.80. The van der Waals surface area contributed by atoms with Crippen molar-refractivity contribution in [2.24, 2.45) is 11.8 Å². The van der Waals surface area contributed by atoms with Crippen LogP contribution in [0.1, 0.15) is 25.7 Å². The van der Waals surface area contributed by atoms with Gasteiger partial charge in [-0.2, -0.15) is 13.2 Å². The number of alkyl halides is 3. The predicted molar refractivity (Wildman–Crippen MR) is 67.1 cm³/mol. The highest BCUT2D eigenvalue weighted by Gasteiger charge is 2.46. The zero-order valence-corrected chi connectivity index (χ0v) is 11.5. The summed E-state index contributed by atoms with van der Waals surface area (Å²) in [5, 5.41) is 5.57. The van der Waals surface area contributed by atoms with Crippen molar-refractivity contribution >= 4 is 5.91 Å². The molecule has 1 saturated heterocycles. The Morgan fingerprint density at radius 1 is 1.15 bits per heavy atom. The van der Waals surface area contributed by atoms with E-state index in [1.807, 2.05) is 0 Å². The second-order valence-corrected chi connectivity index (χ2v) is 5.59. The number of hydrogen-bond donors (Lipinski definition) is 2. The van der Waals surface area contributed by atoms with Crippen LogP contribution in [0.15, 0.2) is 0 Å². The zero-order chi connectivity index (χ0) is 14.8. The number of nitrogens with one attached hydrogen (secondary N) is 2. The maximum Gasteiger partial charge on any atom is 0.393 e. The Morgan fingerprint density at radius 3 is 2.50 bits per heavy atom. The van der Waals surface area contributed by atoms with Gasteiger partial charge in [0.25, 0.3) is 0 Å². The van der Waals surface area contributed by atoms with E-state index >= 15 is 0 Å². The number of halogens is 3. The minimum Gasteiger partial charge on any atom is -0.379 e. The van der Waals surface area contributed by atoms with E-state index in [9.17, 15) is 18.0 Å². The maximum atomic E-state index is 13.0. The molecule has 1 amide bonds. The molecule has 4 unspecified atom stereocenters. The Bertz CT molecular complexity index is 349. The van der Waals surface area contributed by atoms with Gasteiger partial charge in [0, 0.05) is 12.1 Å². The van der Waals surface area contributed by atoms with Crippen molar-refractivity contribution in [2.75, 3.05) is 20.3 Å². The topological polar surface area (TPSA) is 50.4 Å². The third-order valence-corrected chi connectivity index (χ3v) is 4.30. The summed E-state index contributed by atoms with van der Waals surface area (Å²) in [6, 6.07) is -0.919. The lowest BCUT2D eigenvalue weighted by Gasteiger charge is -2.34. The normalized spacial score (nSPS) is 35.0. The third-order valence-electron chi connectivity index (χ3n) is 4.30. The molecule has 0 bridgehead atoms. The van der Waals surface area contributed by atoms with Gasteiger partial charge >= 0.3 is 6.18 Å². The summed E-state index contributed by atoms with van der Waals surface area (Å²) in [6.45, 7) is 0.683. The quantitative estimate of drug-likeness (QED) is 0.828. The summed E-state index contributed by atoms with van der Waals surface area (Å²) in [4.78, 5) is 12.2. The molecule has 2 aliphatic rings. The van der Waals surface area contributed by atoms with Crippen molar-refractivity contribution in [3.8, 4) is 0 Å². The first-order valence-corrected chi connectivity index (χ1v) is 7.05. The predicted octanol–water partition coefficient (Wildman–Crippen LogP) is 1.46. The van der Waals surface area contributed by atoms with Crippen LogP contribution in [0.4, 0.5) is 13.2 Å². The molecule has 1 aliphatic carbocycles. The first-order chi connectivity index (χ1) is 9.43. The summed E-state index contributed by atoms with van der Waals surface area (Å²) in [5.74, 6) is -2.16. The standard InChI is InChI=1S/C13H21F3N2O2/c1-17-11-7-20-6-8(11)12(19)18-10-5-3-2-4-9(10)13(14,15)16/h8-11,17H,2-7H2,1H3,(H,18,19). The van der Waals surface area contributed by atoms with Crippen molar-refractivity contribution in [1.29, 1.82) is 0 Å². The van der Waals surface area contributed by atoms with Crippen molar-refractivity contribution in [3.63, 3.8) is 0 Å². The summed E-state index contributed by atoms with van der Waals surface area (Å²) in [5.41, 5.74) is 0. The maximum absolute atomic E-state index is 13.0. The molecule has 2 fully saturated rings. The smallest absolute Gasteiger partial charge is 0.379 e. The summed E-state index contributed by atoms with van der Waals surface area (Å²) in [6.07, 6.45) is -2.44. The van der Waals surface area contributed by atoms with Crippen molar-refractivity contribution in [3.05, 3.63) is 0 Å². The van der Waals surface area contributed by atoms with Gasteiger partial charge in [-0.15, -0.1) is 0 Å². The molecule has 4 nitrogen and oxygen atoms in total. The first-order valence-electron chi connectivity index (χ1n) is 7.05. The van der Waals surface area contributed by atoms with Crippen LogP contribution in [-0.2, 0) is 9.53 Å². The van der Waals surface area contributed by atoms with Gasteiger partial charge in [0.05, 0.1) is 25.0 Å². The van der Waals surface area contributed by atoms with E-state index in [-0.39, 0.29) is 25.0 Å². The SMILES string of the molecule is CNC1COCC1C(=O)NC1CCCCC1C(F)(F)F. The van der Waals surface area contributed by atoms with Gasteiger partial charge in [-0.3, -0.25) is 4.79 Å². The fourth-order valence-corrected chi connectivity index (χ4v) is 3.08. The monoisotopic (exact) mass is 294 g/mol. The lowest BCUT2D eigenvalue weighted by Crippen LogP contribution is -2.51. The molecule has 20 heavy (non-hydrogen) atoms. The summed E-state index contributed by atoms with van der Waals surface area (Å²) < 4.78 is 44.1. The molecule has 0 radical (unpaired) electrons. The molecular formula is C13H21F3N2O2. The Balaban J connectivity index is 1.98. The van der Waals surface area contributed by atoms with E-state index in [2.05, 4.69) is 10.6 Å². The number of likely N-dealkylation sites (N-methyl/N-ethyl adjacent to an activating group) is 1. The van der Waals surface area contributed by atoms with E-state index in [0.29, 0.717) is 19.4 Å². The largest absolute Gasteiger partial charge is 0.393 e. The number of amides is 1.